The predicted octanol–water partition coefficient (Wildman–Crippen LogP) is 4.42. The van der Waals surface area contributed by atoms with Crippen molar-refractivity contribution in [2.75, 3.05) is 0 Å². The first-order valence-corrected chi connectivity index (χ1v) is 11.6. The molecule has 1 aromatic carbocycles. The van der Waals surface area contributed by atoms with Crippen LogP contribution in [-0.4, -0.2) is 20.4 Å². The standard InChI is InChI=1S/C25H32N4O/c1-28-24-23(17-27-28)21-13-6-7-14-22(21)25(30)29(24)20-12-8-9-18(15-20)16-26-19-10-4-2-3-5-11-19/h8-9,12,15,17,19,26H,2-7,10-11,13-14,16H2,1H3. The highest BCUT2D eigenvalue weighted by molar-refractivity contribution is 5.82. The third-order valence-electron chi connectivity index (χ3n) is 6.99. The van der Waals surface area contributed by atoms with Gasteiger partial charge in [-0.15, -0.1) is 0 Å². The Morgan fingerprint density at radius 2 is 1.80 bits per heavy atom. The minimum atomic E-state index is 0.134. The number of nitrogens with one attached hydrogen (secondary N) is 1. The van der Waals surface area contributed by atoms with Gasteiger partial charge in [0.25, 0.3) is 5.56 Å². The van der Waals surface area contributed by atoms with E-state index in [1.165, 1.54) is 49.7 Å². The number of aromatic nitrogens is 3. The first-order chi connectivity index (χ1) is 14.7. The Kier molecular flexibility index (Phi) is 5.47. The van der Waals surface area contributed by atoms with Crippen molar-refractivity contribution in [2.24, 2.45) is 7.05 Å². The maximum absolute atomic E-state index is 13.5. The number of rotatable bonds is 4. The van der Waals surface area contributed by atoms with Crippen LogP contribution >= 0.6 is 0 Å². The second-order valence-electron chi connectivity index (χ2n) is 9.05. The van der Waals surface area contributed by atoms with Crippen LogP contribution in [0.2, 0.25) is 0 Å². The van der Waals surface area contributed by atoms with Gasteiger partial charge in [-0.1, -0.05) is 37.8 Å². The summed E-state index contributed by atoms with van der Waals surface area (Å²) in [6, 6.07) is 9.08. The molecule has 30 heavy (non-hydrogen) atoms. The zero-order valence-corrected chi connectivity index (χ0v) is 18.0. The number of hydrogen-bond acceptors (Lipinski definition) is 3. The second-order valence-corrected chi connectivity index (χ2v) is 9.05. The van der Waals surface area contributed by atoms with Gasteiger partial charge in [0.05, 0.1) is 11.9 Å². The molecule has 1 saturated carbocycles. The molecular formula is C25H32N4O. The molecule has 0 amide bonds. The van der Waals surface area contributed by atoms with Crippen molar-refractivity contribution in [3.05, 3.63) is 57.5 Å². The molecule has 1 fully saturated rings. The molecule has 0 spiro atoms. The van der Waals surface area contributed by atoms with Crippen LogP contribution in [0, 0.1) is 0 Å². The summed E-state index contributed by atoms with van der Waals surface area (Å²) in [5.41, 5.74) is 5.43. The van der Waals surface area contributed by atoms with Gasteiger partial charge in [0, 0.05) is 30.6 Å². The first-order valence-electron chi connectivity index (χ1n) is 11.6. The number of fused-ring (bicyclic) bond motifs is 3. The third kappa shape index (κ3) is 3.60. The van der Waals surface area contributed by atoms with E-state index in [4.69, 9.17) is 0 Å². The summed E-state index contributed by atoms with van der Waals surface area (Å²) in [4.78, 5) is 13.5. The van der Waals surface area contributed by atoms with Gasteiger partial charge in [0.1, 0.15) is 5.65 Å². The Balaban J connectivity index is 1.51. The van der Waals surface area contributed by atoms with Gasteiger partial charge < -0.3 is 5.32 Å². The number of nitrogens with zero attached hydrogens (tertiary/aromatic N) is 3. The average Bonchev–Trinajstić information content (AvgIpc) is 2.98. The Bertz CT molecular complexity index is 1100. The summed E-state index contributed by atoms with van der Waals surface area (Å²) in [5, 5.41) is 9.40. The van der Waals surface area contributed by atoms with Gasteiger partial charge in [-0.25, -0.2) is 0 Å². The van der Waals surface area contributed by atoms with E-state index in [1.54, 1.807) is 0 Å². The van der Waals surface area contributed by atoms with Gasteiger partial charge in [-0.05, 0) is 61.8 Å². The van der Waals surface area contributed by atoms with Crippen molar-refractivity contribution in [2.45, 2.75) is 76.8 Å². The van der Waals surface area contributed by atoms with Crippen molar-refractivity contribution < 1.29 is 0 Å². The summed E-state index contributed by atoms with van der Waals surface area (Å²) >= 11 is 0. The van der Waals surface area contributed by atoms with E-state index in [0.29, 0.717) is 6.04 Å². The number of hydrogen-bond donors (Lipinski definition) is 1. The van der Waals surface area contributed by atoms with Crippen molar-refractivity contribution in [1.82, 2.24) is 19.7 Å². The van der Waals surface area contributed by atoms with Crippen LogP contribution in [0.4, 0.5) is 0 Å². The Hall–Kier alpha value is -2.40. The number of benzene rings is 1. The molecule has 2 aromatic heterocycles. The Morgan fingerprint density at radius 3 is 2.60 bits per heavy atom. The summed E-state index contributed by atoms with van der Waals surface area (Å²) in [6.45, 7) is 0.854. The lowest BCUT2D eigenvalue weighted by Crippen LogP contribution is -2.29. The van der Waals surface area contributed by atoms with Gasteiger partial charge in [0.2, 0.25) is 0 Å². The minimum absolute atomic E-state index is 0.134. The summed E-state index contributed by atoms with van der Waals surface area (Å²) in [7, 11) is 1.94. The molecule has 0 bridgehead atoms. The van der Waals surface area contributed by atoms with E-state index in [1.807, 2.05) is 22.5 Å². The van der Waals surface area contributed by atoms with E-state index in [9.17, 15) is 4.79 Å². The maximum Gasteiger partial charge on any atom is 0.260 e. The molecule has 1 N–H and O–H groups in total. The van der Waals surface area contributed by atoms with E-state index in [0.717, 1.165) is 54.5 Å². The predicted molar refractivity (Wildman–Crippen MR) is 121 cm³/mol. The monoisotopic (exact) mass is 404 g/mol. The van der Waals surface area contributed by atoms with Crippen LogP contribution in [0.15, 0.2) is 35.3 Å². The topological polar surface area (TPSA) is 51.9 Å². The maximum atomic E-state index is 13.5. The number of pyridine rings is 1. The van der Waals surface area contributed by atoms with Crippen LogP contribution in [0.25, 0.3) is 16.7 Å². The van der Waals surface area contributed by atoms with Crippen LogP contribution < -0.4 is 10.9 Å². The molecular weight excluding hydrogens is 372 g/mol. The zero-order valence-electron chi connectivity index (χ0n) is 18.0. The molecule has 2 aliphatic carbocycles. The summed E-state index contributed by atoms with van der Waals surface area (Å²) in [6.07, 6.45) is 14.0. The first kappa shape index (κ1) is 19.6. The van der Waals surface area contributed by atoms with Crippen LogP contribution in [-0.2, 0) is 26.4 Å². The molecule has 0 unspecified atom stereocenters. The van der Waals surface area contributed by atoms with Crippen LogP contribution in [0.1, 0.15) is 68.1 Å². The number of aryl methyl sites for hydroxylation is 2. The molecule has 3 aromatic rings. The second kappa shape index (κ2) is 8.38. The largest absolute Gasteiger partial charge is 0.310 e. The van der Waals surface area contributed by atoms with Crippen molar-refractivity contribution in [3.8, 4) is 5.69 Å². The van der Waals surface area contributed by atoms with Gasteiger partial charge in [-0.2, -0.15) is 5.10 Å². The summed E-state index contributed by atoms with van der Waals surface area (Å²) in [5.74, 6) is 0. The minimum Gasteiger partial charge on any atom is -0.310 e. The fourth-order valence-electron chi connectivity index (χ4n) is 5.37. The third-order valence-corrected chi connectivity index (χ3v) is 6.99. The molecule has 158 valence electrons. The Morgan fingerprint density at radius 1 is 1.03 bits per heavy atom. The van der Waals surface area contributed by atoms with E-state index in [-0.39, 0.29) is 5.56 Å². The lowest BCUT2D eigenvalue weighted by molar-refractivity contribution is 0.459. The molecule has 5 nitrogen and oxygen atoms in total. The summed E-state index contributed by atoms with van der Waals surface area (Å²) < 4.78 is 3.74. The SMILES string of the molecule is Cn1ncc2c3c(c(=O)n(-c4cccc(CNC5CCCCCC5)c4)c21)CCCC3. The quantitative estimate of drug-likeness (QED) is 0.655. The van der Waals surface area contributed by atoms with Crippen molar-refractivity contribution >= 4 is 11.0 Å². The lowest BCUT2D eigenvalue weighted by atomic mass is 9.91. The molecule has 0 radical (unpaired) electrons. The zero-order chi connectivity index (χ0) is 20.5. The van der Waals surface area contributed by atoms with E-state index < -0.39 is 0 Å². The fraction of sp³-hybridized carbons (Fsp3) is 0.520. The highest BCUT2D eigenvalue weighted by Crippen LogP contribution is 2.28. The molecule has 0 saturated heterocycles. The van der Waals surface area contributed by atoms with Gasteiger partial charge in [-0.3, -0.25) is 14.0 Å². The van der Waals surface area contributed by atoms with Crippen molar-refractivity contribution in [1.29, 1.82) is 0 Å². The smallest absolute Gasteiger partial charge is 0.260 e. The molecule has 2 heterocycles. The van der Waals surface area contributed by atoms with E-state index >= 15 is 0 Å². The van der Waals surface area contributed by atoms with Gasteiger partial charge >= 0.3 is 0 Å². The van der Waals surface area contributed by atoms with Crippen molar-refractivity contribution in [3.63, 3.8) is 0 Å². The Labute approximate surface area is 178 Å². The molecule has 5 rings (SSSR count). The average molecular weight is 405 g/mol. The molecule has 2 aliphatic rings. The molecule has 0 atom stereocenters. The molecule has 5 heteroatoms. The van der Waals surface area contributed by atoms with E-state index in [2.05, 4.69) is 34.7 Å². The molecule has 0 aliphatic heterocycles. The normalized spacial score (nSPS) is 17.8. The highest BCUT2D eigenvalue weighted by atomic mass is 16.1. The van der Waals surface area contributed by atoms with Gasteiger partial charge in [0.15, 0.2) is 0 Å². The van der Waals surface area contributed by atoms with Crippen LogP contribution in [0.3, 0.4) is 0 Å². The lowest BCUT2D eigenvalue weighted by Gasteiger charge is -2.20. The fourth-order valence-corrected chi connectivity index (χ4v) is 5.37. The highest BCUT2D eigenvalue weighted by Gasteiger charge is 2.22. The van der Waals surface area contributed by atoms with Crippen LogP contribution in [0.5, 0.6) is 0 Å².